The number of halogens is 1. The van der Waals surface area contributed by atoms with Gasteiger partial charge < -0.3 is 9.80 Å². The standard InChI is InChI=1S/C18H27FN2/c1-15-6-2-5-9-18(15)21-12-10-20(11-13-21)14-16-7-3-4-8-17(16)19/h3-4,7-8,15,18H,2,5-6,9-14H2,1H3/p+2/t15-,18-/m1/s1. The second-order valence-electron chi connectivity index (χ2n) is 7.04. The summed E-state index contributed by atoms with van der Waals surface area (Å²) in [5, 5.41) is 0. The lowest BCUT2D eigenvalue weighted by Crippen LogP contribution is -3.29. The van der Waals surface area contributed by atoms with Gasteiger partial charge in [-0.25, -0.2) is 4.39 Å². The lowest BCUT2D eigenvalue weighted by Gasteiger charge is -2.39. The van der Waals surface area contributed by atoms with Crippen molar-refractivity contribution >= 4 is 0 Å². The molecule has 2 N–H and O–H groups in total. The first-order valence-corrected chi connectivity index (χ1v) is 8.65. The summed E-state index contributed by atoms with van der Waals surface area (Å²) < 4.78 is 13.7. The Balaban J connectivity index is 1.52. The molecular weight excluding hydrogens is 263 g/mol. The molecule has 0 aromatic heterocycles. The maximum atomic E-state index is 13.7. The second kappa shape index (κ2) is 6.89. The number of quaternary nitrogens is 2. The van der Waals surface area contributed by atoms with E-state index in [4.69, 9.17) is 0 Å². The van der Waals surface area contributed by atoms with E-state index < -0.39 is 0 Å². The Bertz CT molecular complexity index is 454. The van der Waals surface area contributed by atoms with Gasteiger partial charge in [0.25, 0.3) is 0 Å². The van der Waals surface area contributed by atoms with Crippen LogP contribution in [0.5, 0.6) is 0 Å². The zero-order valence-electron chi connectivity index (χ0n) is 13.2. The minimum absolute atomic E-state index is 0.0410. The van der Waals surface area contributed by atoms with Crippen LogP contribution in [0.25, 0.3) is 0 Å². The Morgan fingerprint density at radius 3 is 2.48 bits per heavy atom. The minimum atomic E-state index is -0.0410. The highest BCUT2D eigenvalue weighted by Crippen LogP contribution is 2.21. The fraction of sp³-hybridized carbons (Fsp3) is 0.667. The van der Waals surface area contributed by atoms with Crippen LogP contribution in [0, 0.1) is 11.7 Å². The van der Waals surface area contributed by atoms with Gasteiger partial charge in [-0.2, -0.15) is 0 Å². The maximum Gasteiger partial charge on any atom is 0.132 e. The van der Waals surface area contributed by atoms with Crippen LogP contribution < -0.4 is 9.80 Å². The molecule has 2 fully saturated rings. The van der Waals surface area contributed by atoms with Crippen molar-refractivity contribution in [1.82, 2.24) is 0 Å². The molecule has 0 amide bonds. The van der Waals surface area contributed by atoms with Gasteiger partial charge in [-0.05, 0) is 25.3 Å². The van der Waals surface area contributed by atoms with Crippen LogP contribution in [0.2, 0.25) is 0 Å². The average Bonchev–Trinajstić information content (AvgIpc) is 2.51. The van der Waals surface area contributed by atoms with Crippen LogP contribution in [0.4, 0.5) is 4.39 Å². The molecule has 1 aliphatic carbocycles. The van der Waals surface area contributed by atoms with Crippen molar-refractivity contribution in [2.45, 2.75) is 45.2 Å². The number of benzene rings is 1. The van der Waals surface area contributed by atoms with E-state index in [-0.39, 0.29) is 5.82 Å². The predicted octanol–water partition coefficient (Wildman–Crippen LogP) is 0.688. The summed E-state index contributed by atoms with van der Waals surface area (Å²) in [4.78, 5) is 3.37. The van der Waals surface area contributed by atoms with Crippen LogP contribution in [0.3, 0.4) is 0 Å². The van der Waals surface area contributed by atoms with E-state index in [0.29, 0.717) is 0 Å². The topological polar surface area (TPSA) is 8.88 Å². The summed E-state index contributed by atoms with van der Waals surface area (Å²) in [6.45, 7) is 8.19. The molecular formula is C18H29FN2+2. The molecule has 1 saturated carbocycles. The third kappa shape index (κ3) is 3.64. The van der Waals surface area contributed by atoms with Crippen LogP contribution in [0.1, 0.15) is 38.2 Å². The highest BCUT2D eigenvalue weighted by Gasteiger charge is 2.34. The summed E-state index contributed by atoms with van der Waals surface area (Å²) in [5.74, 6) is 0.850. The molecule has 0 bridgehead atoms. The van der Waals surface area contributed by atoms with Crippen molar-refractivity contribution in [2.75, 3.05) is 26.2 Å². The zero-order chi connectivity index (χ0) is 14.7. The Morgan fingerprint density at radius 1 is 1.05 bits per heavy atom. The lowest BCUT2D eigenvalue weighted by atomic mass is 9.84. The molecule has 3 heteroatoms. The van der Waals surface area contributed by atoms with Gasteiger partial charge in [0.05, 0.1) is 6.04 Å². The first-order chi connectivity index (χ1) is 10.2. The van der Waals surface area contributed by atoms with Gasteiger partial charge in [0, 0.05) is 11.5 Å². The maximum absolute atomic E-state index is 13.7. The van der Waals surface area contributed by atoms with E-state index in [1.807, 2.05) is 17.0 Å². The molecule has 0 spiro atoms. The summed E-state index contributed by atoms with van der Waals surface area (Å²) >= 11 is 0. The monoisotopic (exact) mass is 292 g/mol. The van der Waals surface area contributed by atoms with Gasteiger partial charge in [0.2, 0.25) is 0 Å². The summed E-state index contributed by atoms with van der Waals surface area (Å²) in [7, 11) is 0. The van der Waals surface area contributed by atoms with Gasteiger partial charge >= 0.3 is 0 Å². The zero-order valence-corrected chi connectivity index (χ0v) is 13.2. The van der Waals surface area contributed by atoms with Gasteiger partial charge in [-0.3, -0.25) is 0 Å². The van der Waals surface area contributed by atoms with Crippen molar-refractivity contribution < 1.29 is 14.2 Å². The number of piperazine rings is 1. The molecule has 1 saturated heterocycles. The number of hydrogen-bond acceptors (Lipinski definition) is 0. The fourth-order valence-electron chi connectivity index (χ4n) is 4.31. The Labute approximate surface area is 127 Å². The molecule has 2 nitrogen and oxygen atoms in total. The fourth-order valence-corrected chi connectivity index (χ4v) is 4.31. The molecule has 0 radical (unpaired) electrons. The number of rotatable bonds is 3. The van der Waals surface area contributed by atoms with Crippen molar-refractivity contribution in [3.8, 4) is 0 Å². The van der Waals surface area contributed by atoms with E-state index in [1.54, 1.807) is 17.0 Å². The lowest BCUT2D eigenvalue weighted by molar-refractivity contribution is -1.03. The quantitative estimate of drug-likeness (QED) is 0.811. The van der Waals surface area contributed by atoms with Crippen LogP contribution >= 0.6 is 0 Å². The van der Waals surface area contributed by atoms with Crippen molar-refractivity contribution in [3.63, 3.8) is 0 Å². The Hall–Kier alpha value is -0.930. The smallest absolute Gasteiger partial charge is 0.132 e. The highest BCUT2D eigenvalue weighted by molar-refractivity contribution is 5.15. The highest BCUT2D eigenvalue weighted by atomic mass is 19.1. The molecule has 1 aromatic rings. The molecule has 2 atom stereocenters. The van der Waals surface area contributed by atoms with Crippen LogP contribution in [-0.2, 0) is 6.54 Å². The third-order valence-corrected chi connectivity index (χ3v) is 5.63. The normalized spacial score (nSPS) is 33.8. The minimum Gasteiger partial charge on any atom is -0.323 e. The molecule has 1 aromatic carbocycles. The SMILES string of the molecule is C[C@@H]1CCCC[C@H]1[NH+]1CC[NH+](Cc2ccccc2F)CC1. The molecule has 21 heavy (non-hydrogen) atoms. The van der Waals surface area contributed by atoms with E-state index in [0.717, 1.165) is 24.1 Å². The van der Waals surface area contributed by atoms with Crippen molar-refractivity contribution in [3.05, 3.63) is 35.6 Å². The first kappa shape index (κ1) is 15.0. The van der Waals surface area contributed by atoms with E-state index in [2.05, 4.69) is 6.92 Å². The van der Waals surface area contributed by atoms with Crippen molar-refractivity contribution in [2.24, 2.45) is 5.92 Å². The summed E-state index contributed by atoms with van der Waals surface area (Å²) in [5.41, 5.74) is 0.877. The van der Waals surface area contributed by atoms with Gasteiger partial charge in [0.1, 0.15) is 38.5 Å². The van der Waals surface area contributed by atoms with E-state index in [1.165, 1.54) is 51.9 Å². The Kier molecular flexibility index (Phi) is 4.91. The van der Waals surface area contributed by atoms with Crippen LogP contribution in [-0.4, -0.2) is 32.2 Å². The largest absolute Gasteiger partial charge is 0.323 e. The Morgan fingerprint density at radius 2 is 1.76 bits per heavy atom. The second-order valence-corrected chi connectivity index (χ2v) is 7.04. The number of hydrogen-bond donors (Lipinski definition) is 2. The van der Waals surface area contributed by atoms with Gasteiger partial charge in [-0.15, -0.1) is 0 Å². The first-order valence-electron chi connectivity index (χ1n) is 8.65. The molecule has 1 heterocycles. The molecule has 0 unspecified atom stereocenters. The number of nitrogens with one attached hydrogen (secondary N) is 2. The predicted molar refractivity (Wildman–Crippen MR) is 82.9 cm³/mol. The molecule has 116 valence electrons. The van der Waals surface area contributed by atoms with E-state index >= 15 is 0 Å². The van der Waals surface area contributed by atoms with Gasteiger partial charge in [-0.1, -0.05) is 31.5 Å². The molecule has 1 aliphatic heterocycles. The third-order valence-electron chi connectivity index (χ3n) is 5.63. The molecule has 3 rings (SSSR count). The summed E-state index contributed by atoms with van der Waals surface area (Å²) in [6.07, 6.45) is 5.68. The van der Waals surface area contributed by atoms with Crippen molar-refractivity contribution in [1.29, 1.82) is 0 Å². The molecule has 2 aliphatic rings. The summed E-state index contributed by atoms with van der Waals surface area (Å²) in [6, 6.07) is 8.13. The van der Waals surface area contributed by atoms with E-state index in [9.17, 15) is 4.39 Å². The van der Waals surface area contributed by atoms with Crippen LogP contribution in [0.15, 0.2) is 24.3 Å². The van der Waals surface area contributed by atoms with Gasteiger partial charge in [0.15, 0.2) is 0 Å². The average molecular weight is 292 g/mol.